The number of rotatable bonds is 7. The first-order valence-electron chi connectivity index (χ1n) is 10.8. The van der Waals surface area contributed by atoms with Gasteiger partial charge in [0.15, 0.2) is 21.3 Å². The largest absolute Gasteiger partial charge is 0.352 e. The molecule has 0 spiro atoms. The highest BCUT2D eigenvalue weighted by molar-refractivity contribution is 7.90. The summed E-state index contributed by atoms with van der Waals surface area (Å²) in [5.74, 6) is -6.54. The molecule has 4 aromatic rings. The molecule has 37 heavy (non-hydrogen) atoms. The molecule has 194 valence electrons. The van der Waals surface area contributed by atoms with E-state index in [1.807, 2.05) is 0 Å². The van der Waals surface area contributed by atoms with Gasteiger partial charge in [0.05, 0.1) is 22.0 Å². The van der Waals surface area contributed by atoms with Crippen molar-refractivity contribution in [2.45, 2.75) is 23.7 Å². The van der Waals surface area contributed by atoms with Crippen molar-refractivity contribution in [3.8, 4) is 11.3 Å². The van der Waals surface area contributed by atoms with Gasteiger partial charge in [-0.3, -0.25) is 9.48 Å². The minimum Gasteiger partial charge on any atom is -0.352 e. The number of alkyl halides is 4. The van der Waals surface area contributed by atoms with Crippen molar-refractivity contribution in [1.29, 1.82) is 0 Å². The van der Waals surface area contributed by atoms with Crippen molar-refractivity contribution in [3.63, 3.8) is 0 Å². The number of aromatic amines is 1. The molecule has 1 unspecified atom stereocenters. The summed E-state index contributed by atoms with van der Waals surface area (Å²) in [6, 6.07) is 7.40. The van der Waals surface area contributed by atoms with Crippen LogP contribution in [0.2, 0.25) is 0 Å². The van der Waals surface area contributed by atoms with Crippen LogP contribution in [0.15, 0.2) is 41.4 Å². The molecule has 0 saturated heterocycles. The fraction of sp³-hybridized carbons (Fsp3) is 0.273. The van der Waals surface area contributed by atoms with Gasteiger partial charge in [0.25, 0.3) is 12.3 Å². The maximum Gasteiger partial charge on any atom is 0.295 e. The number of carbonyl (C=O) groups excluding carboxylic acids is 1. The zero-order valence-corrected chi connectivity index (χ0v) is 20.1. The normalized spacial score (nSPS) is 16.8. The number of nitrogens with one attached hydrogen (secondary N) is 3. The molecule has 3 aromatic heterocycles. The molecular formula is C22H19F4N7O3S. The number of carbonyl (C=O) groups is 1. The number of benzene rings is 1. The van der Waals surface area contributed by atoms with E-state index in [-0.39, 0.29) is 33.3 Å². The smallest absolute Gasteiger partial charge is 0.295 e. The molecule has 1 aromatic carbocycles. The van der Waals surface area contributed by atoms with Gasteiger partial charge < -0.3 is 15.6 Å². The lowest BCUT2D eigenvalue weighted by atomic mass is 10.1. The van der Waals surface area contributed by atoms with Gasteiger partial charge in [0.1, 0.15) is 17.3 Å². The molecule has 0 radical (unpaired) electrons. The number of hydrogen-bond donors (Lipinski definition) is 3. The summed E-state index contributed by atoms with van der Waals surface area (Å²) in [5.41, 5.74) is 0.914. The Hall–Kier alpha value is -4.01. The number of nitrogens with zero attached hydrogens (tertiary/aromatic N) is 4. The maximum absolute atomic E-state index is 13.3. The molecule has 1 fully saturated rings. The Morgan fingerprint density at radius 2 is 1.92 bits per heavy atom. The number of hydrogen-bond acceptors (Lipinski definition) is 7. The van der Waals surface area contributed by atoms with Gasteiger partial charge in [-0.25, -0.2) is 35.9 Å². The summed E-state index contributed by atoms with van der Waals surface area (Å²) in [6.07, 6.45) is -0.884. The highest BCUT2D eigenvalue weighted by Gasteiger charge is 2.61. The fourth-order valence-electron chi connectivity index (χ4n) is 3.79. The SMILES string of the molecule is Cn1ccc(-c2ccc(Nc3cc(NC(=O)C4CC4(F)F)nc4[nH]c(C(F)F)nc34)c(S(C)(=O)=O)c2)n1. The van der Waals surface area contributed by atoms with Crippen LogP contribution in [0.5, 0.6) is 0 Å². The summed E-state index contributed by atoms with van der Waals surface area (Å²) >= 11 is 0. The third-order valence-electron chi connectivity index (χ3n) is 5.73. The molecule has 0 aliphatic heterocycles. The van der Waals surface area contributed by atoms with Crippen molar-refractivity contribution in [2.24, 2.45) is 13.0 Å². The Labute approximate surface area is 207 Å². The molecule has 0 bridgehead atoms. The third-order valence-corrected chi connectivity index (χ3v) is 6.87. The van der Waals surface area contributed by atoms with E-state index < -0.39 is 46.3 Å². The van der Waals surface area contributed by atoms with Crippen molar-refractivity contribution in [2.75, 3.05) is 16.9 Å². The number of aromatic nitrogens is 5. The van der Waals surface area contributed by atoms with Gasteiger partial charge >= 0.3 is 0 Å². The molecule has 15 heteroatoms. The third kappa shape index (κ3) is 4.85. The standard InChI is InChI=1S/C22H19F4N7O3S/c1-33-6-5-12(32-33)10-3-4-13(15(7-10)37(2,35)36)27-14-8-16(29-21(34)11-9-22(11,25)26)28-19-17(14)30-20(31-19)18(23)24/h3-8,11,18H,9H2,1-2H3,(H3,27,28,29,30,31,34). The molecule has 1 atom stereocenters. The Kier molecular flexibility index (Phi) is 5.69. The Morgan fingerprint density at radius 1 is 1.19 bits per heavy atom. The molecule has 3 heterocycles. The summed E-state index contributed by atoms with van der Waals surface area (Å²) in [7, 11) is -2.09. The van der Waals surface area contributed by atoms with Crippen LogP contribution in [0, 0.1) is 5.92 Å². The minimum absolute atomic E-state index is 0.0153. The monoisotopic (exact) mass is 537 g/mol. The molecule has 1 aliphatic carbocycles. The second-order valence-electron chi connectivity index (χ2n) is 8.66. The van der Waals surface area contributed by atoms with Gasteiger partial charge in [-0.2, -0.15) is 5.10 Å². The zero-order valence-electron chi connectivity index (χ0n) is 19.3. The molecular weight excluding hydrogens is 518 g/mol. The molecule has 5 rings (SSSR count). The quantitative estimate of drug-likeness (QED) is 0.303. The molecule has 10 nitrogen and oxygen atoms in total. The highest BCUT2D eigenvalue weighted by Crippen LogP contribution is 2.49. The highest BCUT2D eigenvalue weighted by atomic mass is 32.2. The number of fused-ring (bicyclic) bond motifs is 1. The van der Waals surface area contributed by atoms with Crippen LogP contribution in [0.25, 0.3) is 22.4 Å². The average molecular weight is 537 g/mol. The van der Waals surface area contributed by atoms with E-state index in [4.69, 9.17) is 0 Å². The number of anilines is 3. The average Bonchev–Trinajstić information content (AvgIpc) is 3.14. The molecule has 1 amide bonds. The van der Waals surface area contributed by atoms with Crippen molar-refractivity contribution >= 4 is 44.1 Å². The number of halogens is 4. The van der Waals surface area contributed by atoms with E-state index in [0.717, 1.165) is 6.26 Å². The first-order chi connectivity index (χ1) is 17.3. The van der Waals surface area contributed by atoms with Crippen LogP contribution >= 0.6 is 0 Å². The van der Waals surface area contributed by atoms with E-state index in [1.165, 1.54) is 18.2 Å². The van der Waals surface area contributed by atoms with Gasteiger partial charge in [-0.15, -0.1) is 0 Å². The summed E-state index contributed by atoms with van der Waals surface area (Å²) in [6.45, 7) is 0. The first-order valence-corrected chi connectivity index (χ1v) is 12.7. The van der Waals surface area contributed by atoms with Crippen LogP contribution in [0.1, 0.15) is 18.7 Å². The summed E-state index contributed by atoms with van der Waals surface area (Å²) < 4.78 is 80.1. The van der Waals surface area contributed by atoms with Gasteiger partial charge in [0, 0.05) is 37.6 Å². The van der Waals surface area contributed by atoms with Crippen molar-refractivity contribution in [1.82, 2.24) is 24.7 Å². The molecule has 3 N–H and O–H groups in total. The number of H-pyrrole nitrogens is 1. The fourth-order valence-corrected chi connectivity index (χ4v) is 4.65. The molecule has 1 aliphatic rings. The lowest BCUT2D eigenvalue weighted by Crippen LogP contribution is -2.18. The number of amides is 1. The van der Waals surface area contributed by atoms with E-state index in [0.29, 0.717) is 11.3 Å². The summed E-state index contributed by atoms with van der Waals surface area (Å²) in [4.78, 5) is 22.2. The second-order valence-corrected chi connectivity index (χ2v) is 10.6. The van der Waals surface area contributed by atoms with Crippen LogP contribution in [-0.4, -0.2) is 51.2 Å². The predicted molar refractivity (Wildman–Crippen MR) is 126 cm³/mol. The maximum atomic E-state index is 13.3. The van der Waals surface area contributed by atoms with E-state index in [2.05, 4.69) is 30.7 Å². The van der Waals surface area contributed by atoms with E-state index in [9.17, 15) is 30.8 Å². The van der Waals surface area contributed by atoms with Crippen LogP contribution in [0.3, 0.4) is 0 Å². The van der Waals surface area contributed by atoms with Crippen molar-refractivity contribution < 1.29 is 30.8 Å². The summed E-state index contributed by atoms with van der Waals surface area (Å²) in [5, 5.41) is 9.38. The number of aryl methyl sites for hydroxylation is 1. The zero-order chi connectivity index (χ0) is 26.7. The molecule has 1 saturated carbocycles. The van der Waals surface area contributed by atoms with Crippen LogP contribution in [-0.2, 0) is 21.7 Å². The number of sulfone groups is 1. The van der Waals surface area contributed by atoms with E-state index in [1.54, 1.807) is 30.1 Å². The van der Waals surface area contributed by atoms with Crippen LogP contribution in [0.4, 0.5) is 34.8 Å². The first kappa shape index (κ1) is 24.7. The number of imidazole rings is 1. The Balaban J connectivity index is 1.57. The van der Waals surface area contributed by atoms with Crippen LogP contribution < -0.4 is 10.6 Å². The van der Waals surface area contributed by atoms with Crippen molar-refractivity contribution in [3.05, 3.63) is 42.4 Å². The predicted octanol–water partition coefficient (Wildman–Crippen LogP) is 4.04. The Morgan fingerprint density at radius 3 is 2.51 bits per heavy atom. The minimum atomic E-state index is -3.80. The van der Waals surface area contributed by atoms with Gasteiger partial charge in [-0.05, 0) is 18.2 Å². The van der Waals surface area contributed by atoms with Gasteiger partial charge in [0.2, 0.25) is 5.91 Å². The lowest BCUT2D eigenvalue weighted by Gasteiger charge is -2.14. The second kappa shape index (κ2) is 8.54. The Bertz CT molecular complexity index is 1650. The van der Waals surface area contributed by atoms with E-state index >= 15 is 0 Å². The van der Waals surface area contributed by atoms with Gasteiger partial charge in [-0.1, -0.05) is 6.07 Å². The topological polar surface area (TPSA) is 135 Å². The lowest BCUT2D eigenvalue weighted by molar-refractivity contribution is -0.119. The number of pyridine rings is 1.